The number of nitrogens with zero attached hydrogens (tertiary/aromatic N) is 3. The van der Waals surface area contributed by atoms with Crippen molar-refractivity contribution in [1.82, 2.24) is 14.5 Å². The number of carbonyl (C=O) groups is 2. The van der Waals surface area contributed by atoms with Gasteiger partial charge in [0.1, 0.15) is 18.5 Å². The summed E-state index contributed by atoms with van der Waals surface area (Å²) in [6, 6.07) is 14.4. The third-order valence-corrected chi connectivity index (χ3v) is 14.7. The van der Waals surface area contributed by atoms with Crippen LogP contribution < -0.4 is 10.9 Å². The van der Waals surface area contributed by atoms with Crippen LogP contribution in [0.25, 0.3) is 22.3 Å². The first-order valence-electron chi connectivity index (χ1n) is 22.0. The molecule has 1 saturated heterocycles. The zero-order valence-electron chi connectivity index (χ0n) is 34.9. The molecule has 3 unspecified atom stereocenters. The van der Waals surface area contributed by atoms with Gasteiger partial charge in [-0.15, -0.1) is 0 Å². The Morgan fingerprint density at radius 2 is 1.79 bits per heavy atom. The van der Waals surface area contributed by atoms with Crippen molar-refractivity contribution in [2.75, 3.05) is 19.4 Å². The van der Waals surface area contributed by atoms with E-state index >= 15 is 0 Å². The molecule has 1 amide bonds. The van der Waals surface area contributed by atoms with Gasteiger partial charge in [0.15, 0.2) is 5.60 Å². The van der Waals surface area contributed by atoms with Crippen molar-refractivity contribution in [2.24, 2.45) is 23.7 Å². The molecule has 2 N–H and O–H groups in total. The molecule has 12 rings (SSSR count). The molecule has 0 radical (unpaired) electrons. The molecule has 3 aliphatic heterocycles. The monoisotopic (exact) mass is 832 g/mol. The number of ether oxygens (including phenoxy) is 4. The van der Waals surface area contributed by atoms with E-state index < -0.39 is 29.2 Å². The molecule has 4 aromatic rings. The van der Waals surface area contributed by atoms with Gasteiger partial charge >= 0.3 is 12.1 Å². The van der Waals surface area contributed by atoms with Gasteiger partial charge in [0.2, 0.25) is 11.6 Å². The minimum atomic E-state index is -1.53. The number of aromatic nitrogens is 2. The predicted molar refractivity (Wildman–Crippen MR) is 221 cm³/mol. The molecule has 2 aromatic heterocycles. The Morgan fingerprint density at radius 1 is 1.02 bits per heavy atom. The largest absolute Gasteiger partial charge is 0.508 e. The highest BCUT2D eigenvalue weighted by Crippen LogP contribution is 2.64. The van der Waals surface area contributed by atoms with Crippen molar-refractivity contribution in [3.8, 4) is 17.1 Å². The molecular formula is C47H52N4O10. The molecule has 2 aromatic carbocycles. The second-order valence-corrected chi connectivity index (χ2v) is 18.9. The SMILES string of the molecule is CCC1(OCc2ccc(NC(=O)OC3CCCC4(C3)OOC3(O4)C4CC5CC(C4)CC3C5)cc2)C(=O)OCc2c1cc1n(c2=O)Cc2cc3c(CN(C)C)c(O)ccc3nc2-1. The van der Waals surface area contributed by atoms with Gasteiger partial charge in [0, 0.05) is 59.0 Å². The van der Waals surface area contributed by atoms with Crippen LogP contribution in [0.15, 0.2) is 53.3 Å². The third kappa shape index (κ3) is 6.31. The number of anilines is 1. The molecule has 4 bridgehead atoms. The summed E-state index contributed by atoms with van der Waals surface area (Å²) in [6.45, 7) is 2.56. The van der Waals surface area contributed by atoms with Crippen LogP contribution in [0.4, 0.5) is 10.5 Å². The van der Waals surface area contributed by atoms with Crippen molar-refractivity contribution in [3.63, 3.8) is 0 Å². The van der Waals surface area contributed by atoms with Gasteiger partial charge in [-0.3, -0.25) is 10.1 Å². The van der Waals surface area contributed by atoms with E-state index in [1.54, 1.807) is 28.8 Å². The number of pyridine rings is 2. The standard InChI is InChI=1S/C47H52N4O10/c1-4-46(37-20-39-41-29(22-51(39)42(53)36(37)25-56-43(46)54)19-34-35(23-50(2)3)40(52)12-11-38(34)49-41)57-24-26-7-9-32(10-8-26)48-44(55)58-33-6-5-13-45(21-33)59-47(61-60-45)30-15-27-14-28(17-30)18-31(47)16-27/h7-12,19-20,27-28,30-31,33,52H,4-6,13-18,21-25H2,1-3H3,(H,48,55). The van der Waals surface area contributed by atoms with Crippen molar-refractivity contribution >= 4 is 28.7 Å². The molecule has 61 heavy (non-hydrogen) atoms. The van der Waals surface area contributed by atoms with Gasteiger partial charge in [-0.1, -0.05) is 19.1 Å². The van der Waals surface area contributed by atoms with Crippen LogP contribution in [-0.4, -0.2) is 63.4 Å². The Kier molecular flexibility index (Phi) is 9.18. The van der Waals surface area contributed by atoms with Crippen molar-refractivity contribution in [2.45, 2.75) is 121 Å². The predicted octanol–water partition coefficient (Wildman–Crippen LogP) is 7.39. The van der Waals surface area contributed by atoms with Crippen molar-refractivity contribution < 1.29 is 43.4 Å². The number of carbonyl (C=O) groups excluding carboxylic acids is 2. The van der Waals surface area contributed by atoms with Crippen LogP contribution in [0, 0.1) is 23.7 Å². The topological polar surface area (TPSA) is 160 Å². The summed E-state index contributed by atoms with van der Waals surface area (Å²) in [5.41, 5.74) is 3.95. The average Bonchev–Trinajstić information content (AvgIpc) is 3.79. The number of aromatic hydroxyl groups is 1. The number of hydrogen-bond donors (Lipinski definition) is 2. The lowest BCUT2D eigenvalue weighted by molar-refractivity contribution is -0.390. The Hall–Kier alpha value is -4.86. The van der Waals surface area contributed by atoms with Gasteiger partial charge < -0.3 is 33.5 Å². The van der Waals surface area contributed by atoms with E-state index in [9.17, 15) is 19.5 Å². The number of fused-ring (bicyclic) bond motifs is 5. The lowest BCUT2D eigenvalue weighted by atomic mass is 9.53. The maximum Gasteiger partial charge on any atom is 0.411 e. The molecule has 8 aliphatic rings. The van der Waals surface area contributed by atoms with E-state index in [1.807, 2.05) is 50.2 Å². The van der Waals surface area contributed by atoms with Gasteiger partial charge in [0.25, 0.3) is 5.56 Å². The summed E-state index contributed by atoms with van der Waals surface area (Å²) in [6.07, 6.45) is 7.83. The third-order valence-electron chi connectivity index (χ3n) is 14.7. The minimum absolute atomic E-state index is 0.0416. The number of phenolic OH excluding ortho intramolecular Hbond substituents is 1. The highest BCUT2D eigenvalue weighted by molar-refractivity contribution is 5.89. The lowest BCUT2D eigenvalue weighted by Crippen LogP contribution is -2.59. The minimum Gasteiger partial charge on any atom is -0.508 e. The van der Waals surface area contributed by atoms with E-state index in [0.29, 0.717) is 77.9 Å². The number of rotatable bonds is 8. The summed E-state index contributed by atoms with van der Waals surface area (Å²) in [7, 11) is 3.88. The molecule has 14 heteroatoms. The molecule has 5 saturated carbocycles. The Bertz CT molecular complexity index is 2490. The smallest absolute Gasteiger partial charge is 0.411 e. The average molecular weight is 833 g/mol. The number of benzene rings is 2. The molecular weight excluding hydrogens is 781 g/mol. The van der Waals surface area contributed by atoms with Crippen LogP contribution in [0.5, 0.6) is 5.75 Å². The number of esters is 1. The summed E-state index contributed by atoms with van der Waals surface area (Å²) in [4.78, 5) is 60.2. The summed E-state index contributed by atoms with van der Waals surface area (Å²) in [5, 5.41) is 14.4. The maximum atomic E-state index is 14.1. The number of amides is 1. The quantitative estimate of drug-likeness (QED) is 0.118. The number of phenols is 1. The Balaban J connectivity index is 0.769. The fourth-order valence-electron chi connectivity index (χ4n) is 12.0. The normalized spacial score (nSPS) is 31.7. The van der Waals surface area contributed by atoms with Crippen LogP contribution in [0.3, 0.4) is 0 Å². The second kappa shape index (κ2) is 14.3. The Morgan fingerprint density at radius 3 is 2.52 bits per heavy atom. The number of nitrogens with one attached hydrogen (secondary N) is 1. The van der Waals surface area contributed by atoms with E-state index in [4.69, 9.17) is 33.7 Å². The first-order chi connectivity index (χ1) is 29.4. The summed E-state index contributed by atoms with van der Waals surface area (Å²) >= 11 is 0. The van der Waals surface area contributed by atoms with E-state index in [2.05, 4.69) is 5.32 Å². The highest BCUT2D eigenvalue weighted by atomic mass is 17.3. The first-order valence-corrected chi connectivity index (χ1v) is 22.0. The van der Waals surface area contributed by atoms with E-state index in [0.717, 1.165) is 66.0 Å². The van der Waals surface area contributed by atoms with Crippen LogP contribution >= 0.6 is 0 Å². The maximum absolute atomic E-state index is 14.1. The van der Waals surface area contributed by atoms with Crippen molar-refractivity contribution in [3.05, 3.63) is 86.7 Å². The van der Waals surface area contributed by atoms with Crippen molar-refractivity contribution in [1.29, 1.82) is 0 Å². The first kappa shape index (κ1) is 39.0. The molecule has 6 fully saturated rings. The lowest BCUT2D eigenvalue weighted by Gasteiger charge is -2.57. The number of hydrogen-bond acceptors (Lipinski definition) is 12. The van der Waals surface area contributed by atoms with Crippen LogP contribution in [-0.2, 0) is 65.4 Å². The molecule has 320 valence electrons. The van der Waals surface area contributed by atoms with Crippen LogP contribution in [0.1, 0.15) is 98.9 Å². The molecule has 3 atom stereocenters. The molecule has 2 spiro atoms. The van der Waals surface area contributed by atoms with Crippen LogP contribution in [0.2, 0.25) is 0 Å². The molecule has 5 aliphatic carbocycles. The fraction of sp³-hybridized carbons (Fsp3) is 0.532. The number of cyclic esters (lactones) is 1. The van der Waals surface area contributed by atoms with Gasteiger partial charge in [0.05, 0.1) is 35.6 Å². The second-order valence-electron chi connectivity index (χ2n) is 18.9. The van der Waals surface area contributed by atoms with E-state index in [1.165, 1.54) is 6.42 Å². The molecule has 14 nitrogen and oxygen atoms in total. The Labute approximate surface area is 353 Å². The van der Waals surface area contributed by atoms with E-state index in [-0.39, 0.29) is 37.0 Å². The zero-order valence-corrected chi connectivity index (χ0v) is 34.9. The highest BCUT2D eigenvalue weighted by Gasteiger charge is 2.67. The summed E-state index contributed by atoms with van der Waals surface area (Å²) < 4.78 is 26.6. The fourth-order valence-corrected chi connectivity index (χ4v) is 12.0. The molecule has 5 heterocycles. The van der Waals surface area contributed by atoms with Gasteiger partial charge in [-0.25, -0.2) is 14.6 Å². The van der Waals surface area contributed by atoms with Gasteiger partial charge in [-0.05, 0) is 119 Å². The zero-order chi connectivity index (χ0) is 41.8. The van der Waals surface area contributed by atoms with Gasteiger partial charge in [-0.2, -0.15) is 9.78 Å². The summed E-state index contributed by atoms with van der Waals surface area (Å²) in [5.74, 6) is 0.361.